The number of benzene rings is 1. The first kappa shape index (κ1) is 18.8. The Morgan fingerprint density at radius 1 is 1.50 bits per heavy atom. The number of rotatable bonds is 7. The third kappa shape index (κ3) is 4.12. The summed E-state index contributed by atoms with van der Waals surface area (Å²) in [4.78, 5) is 25.8. The normalized spacial score (nSPS) is 17.4. The predicted octanol–water partition coefficient (Wildman–Crippen LogP) is 3.10. The van der Waals surface area contributed by atoms with Crippen molar-refractivity contribution >= 4 is 58.0 Å². The molecule has 1 amide bonds. The summed E-state index contributed by atoms with van der Waals surface area (Å²) in [6.45, 7) is 0. The number of ether oxygens (including phenoxy) is 1. The molecule has 1 N–H and O–H groups in total. The Kier molecular flexibility index (Phi) is 6.70. The van der Waals surface area contributed by atoms with E-state index in [0.29, 0.717) is 22.8 Å². The van der Waals surface area contributed by atoms with Crippen LogP contribution in [0.15, 0.2) is 29.2 Å². The van der Waals surface area contributed by atoms with E-state index in [0.717, 1.165) is 17.3 Å². The number of carbonyl (C=O) groups excluding carboxylic acids is 1. The molecule has 0 aromatic heterocycles. The smallest absolute Gasteiger partial charge is 0.326 e. The molecule has 0 spiro atoms. The average molecular weight is 384 g/mol. The van der Waals surface area contributed by atoms with Crippen LogP contribution >= 0.6 is 35.7 Å². The van der Waals surface area contributed by atoms with Gasteiger partial charge in [0.15, 0.2) is 0 Å². The molecule has 1 aliphatic heterocycles. The third-order valence-electron chi connectivity index (χ3n) is 3.44. The van der Waals surface area contributed by atoms with Crippen LogP contribution < -0.4 is 4.74 Å². The first-order valence-electron chi connectivity index (χ1n) is 7.11. The van der Waals surface area contributed by atoms with Gasteiger partial charge in [-0.3, -0.25) is 9.69 Å². The lowest BCUT2D eigenvalue weighted by Crippen LogP contribution is -2.44. The molecule has 0 aliphatic carbocycles. The third-order valence-corrected chi connectivity index (χ3v) is 5.42. The number of methoxy groups -OCH3 is 1. The number of amides is 1. The van der Waals surface area contributed by atoms with E-state index in [1.54, 1.807) is 19.3 Å². The number of carbonyl (C=O) groups is 2. The molecule has 1 aliphatic rings. The molecule has 0 saturated carbocycles. The van der Waals surface area contributed by atoms with E-state index in [1.165, 1.54) is 16.7 Å². The molecule has 1 heterocycles. The zero-order chi connectivity index (χ0) is 17.7. The zero-order valence-electron chi connectivity index (χ0n) is 13.2. The maximum absolute atomic E-state index is 12.7. The second kappa shape index (κ2) is 8.55. The van der Waals surface area contributed by atoms with Crippen molar-refractivity contribution in [2.75, 3.05) is 19.1 Å². The lowest BCUT2D eigenvalue weighted by atomic mass is 10.1. The fourth-order valence-electron chi connectivity index (χ4n) is 2.27. The largest absolute Gasteiger partial charge is 0.496 e. The maximum atomic E-state index is 12.7. The highest BCUT2D eigenvalue weighted by Gasteiger charge is 2.40. The summed E-state index contributed by atoms with van der Waals surface area (Å²) in [6, 6.07) is 6.37. The van der Waals surface area contributed by atoms with Crippen LogP contribution in [-0.4, -0.2) is 51.4 Å². The van der Waals surface area contributed by atoms with E-state index in [2.05, 4.69) is 0 Å². The molecule has 1 atom stereocenters. The number of carboxylic acids is 1. The number of hydrogen-bond donors (Lipinski definition) is 1. The Labute approximate surface area is 154 Å². The molecule has 5 nitrogen and oxygen atoms in total. The maximum Gasteiger partial charge on any atom is 0.326 e. The first-order chi connectivity index (χ1) is 11.5. The van der Waals surface area contributed by atoms with Crippen LogP contribution in [0.2, 0.25) is 0 Å². The van der Waals surface area contributed by atoms with Crippen LogP contribution in [0.3, 0.4) is 0 Å². The van der Waals surface area contributed by atoms with Crippen molar-refractivity contribution in [3.05, 3.63) is 34.7 Å². The van der Waals surface area contributed by atoms with E-state index in [4.69, 9.17) is 17.0 Å². The SMILES string of the molecule is COc1ccccc1/C=C1\SC(=S)N([C@H](CCSC)C(=O)O)C1=O. The van der Waals surface area contributed by atoms with Crippen LogP contribution in [0.25, 0.3) is 6.08 Å². The monoisotopic (exact) mass is 383 g/mol. The number of para-hydroxylation sites is 1. The molecule has 24 heavy (non-hydrogen) atoms. The van der Waals surface area contributed by atoms with Crippen molar-refractivity contribution in [1.29, 1.82) is 0 Å². The van der Waals surface area contributed by atoms with E-state index in [1.807, 2.05) is 24.5 Å². The molecule has 8 heteroatoms. The fourth-order valence-corrected chi connectivity index (χ4v) is 4.07. The Balaban J connectivity index is 2.30. The van der Waals surface area contributed by atoms with Crippen molar-refractivity contribution in [1.82, 2.24) is 4.90 Å². The molecule has 1 aromatic carbocycles. The number of nitrogens with zero attached hydrogens (tertiary/aromatic N) is 1. The first-order valence-corrected chi connectivity index (χ1v) is 9.73. The van der Waals surface area contributed by atoms with Gasteiger partial charge in [-0.1, -0.05) is 42.2 Å². The Bertz CT molecular complexity index is 690. The lowest BCUT2D eigenvalue weighted by Gasteiger charge is -2.22. The molecule has 1 saturated heterocycles. The molecule has 1 aromatic rings. The zero-order valence-corrected chi connectivity index (χ0v) is 15.7. The molecule has 0 bridgehead atoms. The van der Waals surface area contributed by atoms with Crippen molar-refractivity contribution < 1.29 is 19.4 Å². The topological polar surface area (TPSA) is 66.8 Å². The molecule has 2 rings (SSSR count). The van der Waals surface area contributed by atoms with Gasteiger partial charge in [0.1, 0.15) is 16.1 Å². The summed E-state index contributed by atoms with van der Waals surface area (Å²) >= 11 is 7.90. The Hall–Kier alpha value is -1.51. The minimum Gasteiger partial charge on any atom is -0.496 e. The summed E-state index contributed by atoms with van der Waals surface area (Å²) in [6.07, 6.45) is 3.93. The Morgan fingerprint density at radius 3 is 2.83 bits per heavy atom. The highest BCUT2D eigenvalue weighted by atomic mass is 32.2. The van der Waals surface area contributed by atoms with Gasteiger partial charge in [-0.05, 0) is 30.6 Å². The highest BCUT2D eigenvalue weighted by molar-refractivity contribution is 8.26. The van der Waals surface area contributed by atoms with Gasteiger partial charge >= 0.3 is 5.97 Å². The Morgan fingerprint density at radius 2 is 2.21 bits per heavy atom. The van der Waals surface area contributed by atoms with Gasteiger partial charge in [-0.15, -0.1) is 0 Å². The minimum absolute atomic E-state index is 0.273. The van der Waals surface area contributed by atoms with Gasteiger partial charge in [-0.2, -0.15) is 11.8 Å². The lowest BCUT2D eigenvalue weighted by molar-refractivity contribution is -0.145. The molecule has 1 fully saturated rings. The van der Waals surface area contributed by atoms with E-state index in [-0.39, 0.29) is 10.2 Å². The molecule has 0 unspecified atom stereocenters. The number of thiocarbonyl (C=S) groups is 1. The number of aliphatic carboxylic acids is 1. The van der Waals surface area contributed by atoms with E-state index in [9.17, 15) is 14.7 Å². The number of carboxylic acid groups (broad SMARTS) is 1. The standard InChI is InChI=1S/C16H17NO4S3/c1-21-12-6-4-3-5-10(12)9-13-14(18)17(16(22)24-13)11(15(19)20)7-8-23-2/h3-6,9,11H,7-8H2,1-2H3,(H,19,20)/b13-9-/t11-/m1/s1. The minimum atomic E-state index is -1.04. The molecule has 128 valence electrons. The fraction of sp³-hybridized carbons (Fsp3) is 0.312. The second-order valence-electron chi connectivity index (χ2n) is 4.93. The van der Waals surface area contributed by atoms with Crippen LogP contribution in [0.4, 0.5) is 0 Å². The van der Waals surface area contributed by atoms with Gasteiger partial charge < -0.3 is 9.84 Å². The van der Waals surface area contributed by atoms with Crippen LogP contribution in [0.5, 0.6) is 5.75 Å². The van der Waals surface area contributed by atoms with E-state index >= 15 is 0 Å². The van der Waals surface area contributed by atoms with Crippen molar-refractivity contribution in [2.24, 2.45) is 0 Å². The van der Waals surface area contributed by atoms with Crippen molar-refractivity contribution in [2.45, 2.75) is 12.5 Å². The van der Waals surface area contributed by atoms with E-state index < -0.39 is 12.0 Å². The molecular formula is C16H17NO4S3. The van der Waals surface area contributed by atoms with Gasteiger partial charge in [0, 0.05) is 5.56 Å². The van der Waals surface area contributed by atoms with Crippen LogP contribution in [-0.2, 0) is 9.59 Å². The van der Waals surface area contributed by atoms with Crippen LogP contribution in [0, 0.1) is 0 Å². The number of hydrogen-bond acceptors (Lipinski definition) is 6. The molecular weight excluding hydrogens is 366 g/mol. The predicted molar refractivity (Wildman–Crippen MR) is 102 cm³/mol. The molecule has 0 radical (unpaired) electrons. The summed E-state index contributed by atoms with van der Waals surface area (Å²) in [5.41, 5.74) is 0.747. The van der Waals surface area contributed by atoms with Gasteiger partial charge in [-0.25, -0.2) is 4.79 Å². The van der Waals surface area contributed by atoms with Gasteiger partial charge in [0.05, 0.1) is 12.0 Å². The van der Waals surface area contributed by atoms with Gasteiger partial charge in [0.25, 0.3) is 5.91 Å². The summed E-state index contributed by atoms with van der Waals surface area (Å²) < 4.78 is 5.55. The summed E-state index contributed by atoms with van der Waals surface area (Å²) in [7, 11) is 1.56. The quantitative estimate of drug-likeness (QED) is 0.573. The van der Waals surface area contributed by atoms with Crippen LogP contribution in [0.1, 0.15) is 12.0 Å². The summed E-state index contributed by atoms with van der Waals surface area (Å²) in [5, 5.41) is 9.44. The van der Waals surface area contributed by atoms with Crippen molar-refractivity contribution in [3.63, 3.8) is 0 Å². The second-order valence-corrected chi connectivity index (χ2v) is 7.59. The average Bonchev–Trinajstić information content (AvgIpc) is 2.83. The summed E-state index contributed by atoms with van der Waals surface area (Å²) in [5.74, 6) is -0.136. The highest BCUT2D eigenvalue weighted by Crippen LogP contribution is 2.36. The van der Waals surface area contributed by atoms with Gasteiger partial charge in [0.2, 0.25) is 0 Å². The number of thioether (sulfide) groups is 2. The van der Waals surface area contributed by atoms with Crippen molar-refractivity contribution in [3.8, 4) is 5.75 Å².